The van der Waals surface area contributed by atoms with E-state index >= 15 is 0 Å². The Bertz CT molecular complexity index is 1320. The zero-order valence-corrected chi connectivity index (χ0v) is 19.1. The van der Waals surface area contributed by atoms with Crippen molar-refractivity contribution in [3.05, 3.63) is 76.5 Å². The second-order valence-corrected chi connectivity index (χ2v) is 8.38. The predicted octanol–water partition coefficient (Wildman–Crippen LogP) is 3.26. The molecule has 0 spiro atoms. The number of rotatable bonds is 4. The maximum atomic E-state index is 13.9. The number of nitrogens with zero attached hydrogens (tertiary/aromatic N) is 4. The van der Waals surface area contributed by atoms with Crippen molar-refractivity contribution in [1.82, 2.24) is 15.3 Å². The lowest BCUT2D eigenvalue weighted by atomic mass is 9.89. The van der Waals surface area contributed by atoms with E-state index in [-0.39, 0.29) is 23.5 Å². The third-order valence-electron chi connectivity index (χ3n) is 6.03. The number of carbonyl (C=O) groups excluding carboxylic acids is 2. The van der Waals surface area contributed by atoms with Crippen LogP contribution in [0.15, 0.2) is 59.8 Å². The minimum atomic E-state index is -4.69. The number of nitrogens with one attached hydrogen (secondary N) is 1. The van der Waals surface area contributed by atoms with Crippen LogP contribution in [-0.4, -0.2) is 52.6 Å². The Morgan fingerprint density at radius 3 is 2.44 bits per heavy atom. The van der Waals surface area contributed by atoms with E-state index in [4.69, 9.17) is 5.26 Å². The number of nitriles is 1. The molecule has 12 heteroatoms. The highest BCUT2D eigenvalue weighted by Crippen LogP contribution is 2.43. The number of carboxylic acids is 1. The van der Waals surface area contributed by atoms with Gasteiger partial charge in [-0.3, -0.25) is 20.0 Å². The molecule has 2 aliphatic heterocycles. The van der Waals surface area contributed by atoms with Crippen LogP contribution in [0.4, 0.5) is 23.7 Å². The van der Waals surface area contributed by atoms with E-state index in [0.717, 1.165) is 28.0 Å². The fourth-order valence-corrected chi connectivity index (χ4v) is 4.33. The molecule has 2 aliphatic rings. The van der Waals surface area contributed by atoms with Crippen LogP contribution < -0.4 is 10.3 Å². The van der Waals surface area contributed by atoms with E-state index in [1.165, 1.54) is 49.3 Å². The topological polar surface area (TPSA) is 117 Å². The molecular weight excluding hydrogens is 479 g/mol. The van der Waals surface area contributed by atoms with Gasteiger partial charge in [0, 0.05) is 7.05 Å². The van der Waals surface area contributed by atoms with Crippen LogP contribution in [0.5, 0.6) is 0 Å². The number of hydrogen-bond donors (Lipinski definition) is 2. The number of benzene rings is 2. The smallest absolute Gasteiger partial charge is 0.416 e. The number of anilines is 1. The number of alkyl halides is 3. The number of amides is 3. The molecular formula is C24H20F3N5O4. The molecule has 36 heavy (non-hydrogen) atoms. The van der Waals surface area contributed by atoms with Gasteiger partial charge in [0.2, 0.25) is 0 Å². The molecule has 0 bridgehead atoms. The molecule has 2 heterocycles. The molecule has 0 saturated carbocycles. The SMILES string of the molecule is CC(C(=O)O)N1C(=O)N(c2cccc(C(F)(F)F)c2)C2=C(C(=O)NN(C)C2)[C@H]1c1ccc(C#N)cc1. The average Bonchev–Trinajstić information content (AvgIpc) is 2.82. The van der Waals surface area contributed by atoms with Crippen LogP contribution in [0.1, 0.15) is 29.7 Å². The Balaban J connectivity index is 2.00. The molecule has 0 saturated heterocycles. The van der Waals surface area contributed by atoms with Gasteiger partial charge in [-0.05, 0) is 42.8 Å². The van der Waals surface area contributed by atoms with E-state index in [1.807, 2.05) is 6.07 Å². The molecule has 9 nitrogen and oxygen atoms in total. The second-order valence-electron chi connectivity index (χ2n) is 8.38. The number of hydrazine groups is 1. The molecule has 186 valence electrons. The van der Waals surface area contributed by atoms with Gasteiger partial charge in [-0.1, -0.05) is 18.2 Å². The Labute approximate surface area is 203 Å². The summed E-state index contributed by atoms with van der Waals surface area (Å²) in [7, 11) is 1.53. The van der Waals surface area contributed by atoms with Gasteiger partial charge in [-0.25, -0.2) is 14.6 Å². The van der Waals surface area contributed by atoms with E-state index < -0.39 is 41.7 Å². The summed E-state index contributed by atoms with van der Waals surface area (Å²) in [5.74, 6) is -2.01. The van der Waals surface area contributed by atoms with Crippen molar-refractivity contribution in [2.75, 3.05) is 18.5 Å². The van der Waals surface area contributed by atoms with Crippen LogP contribution in [0.3, 0.4) is 0 Å². The number of halogens is 3. The van der Waals surface area contributed by atoms with Crippen LogP contribution in [0.25, 0.3) is 0 Å². The number of likely N-dealkylation sites (N-methyl/N-ethyl adjacent to an activating group) is 1. The molecule has 3 amide bonds. The van der Waals surface area contributed by atoms with E-state index in [1.54, 1.807) is 0 Å². The summed E-state index contributed by atoms with van der Waals surface area (Å²) in [4.78, 5) is 41.0. The van der Waals surface area contributed by atoms with Crippen molar-refractivity contribution in [2.24, 2.45) is 0 Å². The number of hydrogen-bond acceptors (Lipinski definition) is 5. The zero-order chi connectivity index (χ0) is 26.4. The lowest BCUT2D eigenvalue weighted by Gasteiger charge is -2.47. The Morgan fingerprint density at radius 2 is 1.86 bits per heavy atom. The first-order valence-corrected chi connectivity index (χ1v) is 10.7. The van der Waals surface area contributed by atoms with E-state index in [9.17, 15) is 32.7 Å². The summed E-state index contributed by atoms with van der Waals surface area (Å²) in [6.07, 6.45) is -4.69. The van der Waals surface area contributed by atoms with Crippen molar-refractivity contribution in [3.8, 4) is 6.07 Å². The Morgan fingerprint density at radius 1 is 1.19 bits per heavy atom. The van der Waals surface area contributed by atoms with Gasteiger partial charge in [-0.15, -0.1) is 0 Å². The molecule has 1 unspecified atom stereocenters. The third kappa shape index (κ3) is 4.25. The Hall–Kier alpha value is -4.37. The number of carbonyl (C=O) groups is 3. The molecule has 4 rings (SSSR count). The van der Waals surface area contributed by atoms with Gasteiger partial charge in [0.15, 0.2) is 0 Å². The Kier molecular flexibility index (Phi) is 6.19. The van der Waals surface area contributed by atoms with Crippen LogP contribution in [0, 0.1) is 11.3 Å². The lowest BCUT2D eigenvalue weighted by molar-refractivity contribution is -0.142. The van der Waals surface area contributed by atoms with Crippen molar-refractivity contribution in [1.29, 1.82) is 5.26 Å². The van der Waals surface area contributed by atoms with Crippen molar-refractivity contribution >= 4 is 23.6 Å². The predicted molar refractivity (Wildman–Crippen MR) is 120 cm³/mol. The van der Waals surface area contributed by atoms with E-state index in [2.05, 4.69) is 5.43 Å². The molecule has 2 aromatic carbocycles. The van der Waals surface area contributed by atoms with Crippen molar-refractivity contribution < 1.29 is 32.7 Å². The van der Waals surface area contributed by atoms with Gasteiger partial charge in [0.1, 0.15) is 6.04 Å². The normalized spacial score (nSPS) is 19.5. The molecule has 2 atom stereocenters. The fourth-order valence-electron chi connectivity index (χ4n) is 4.33. The van der Waals surface area contributed by atoms with E-state index in [0.29, 0.717) is 11.1 Å². The van der Waals surface area contributed by atoms with Crippen LogP contribution in [-0.2, 0) is 15.8 Å². The quantitative estimate of drug-likeness (QED) is 0.667. The largest absolute Gasteiger partial charge is 0.480 e. The van der Waals surface area contributed by atoms with Crippen LogP contribution >= 0.6 is 0 Å². The number of urea groups is 1. The van der Waals surface area contributed by atoms with Gasteiger partial charge in [-0.2, -0.15) is 18.4 Å². The first kappa shape index (κ1) is 24.7. The van der Waals surface area contributed by atoms with Gasteiger partial charge < -0.3 is 5.11 Å². The molecule has 0 fully saturated rings. The lowest BCUT2D eigenvalue weighted by Crippen LogP contribution is -2.61. The molecule has 0 aromatic heterocycles. The van der Waals surface area contributed by atoms with Crippen molar-refractivity contribution in [3.63, 3.8) is 0 Å². The molecule has 2 aromatic rings. The van der Waals surface area contributed by atoms with Crippen LogP contribution in [0.2, 0.25) is 0 Å². The highest BCUT2D eigenvalue weighted by molar-refractivity contribution is 6.06. The molecule has 0 aliphatic carbocycles. The maximum Gasteiger partial charge on any atom is 0.416 e. The summed E-state index contributed by atoms with van der Waals surface area (Å²) < 4.78 is 40.3. The summed E-state index contributed by atoms with van der Waals surface area (Å²) in [6, 6.07) is 8.45. The highest BCUT2D eigenvalue weighted by Gasteiger charge is 2.48. The average molecular weight is 499 g/mol. The van der Waals surface area contributed by atoms with Gasteiger partial charge in [0.05, 0.1) is 46.7 Å². The van der Waals surface area contributed by atoms with Crippen molar-refractivity contribution in [2.45, 2.75) is 25.2 Å². The highest BCUT2D eigenvalue weighted by atomic mass is 19.4. The number of aliphatic carboxylic acids is 1. The van der Waals surface area contributed by atoms with Gasteiger partial charge >= 0.3 is 18.2 Å². The third-order valence-corrected chi connectivity index (χ3v) is 6.03. The summed E-state index contributed by atoms with van der Waals surface area (Å²) in [6.45, 7) is 1.21. The molecule has 2 N–H and O–H groups in total. The summed E-state index contributed by atoms with van der Waals surface area (Å²) in [5, 5.41) is 20.3. The summed E-state index contributed by atoms with van der Waals surface area (Å²) >= 11 is 0. The maximum absolute atomic E-state index is 13.9. The second kappa shape index (κ2) is 9.01. The van der Waals surface area contributed by atoms with Gasteiger partial charge in [0.25, 0.3) is 5.91 Å². The first-order valence-electron chi connectivity index (χ1n) is 10.7. The monoisotopic (exact) mass is 499 g/mol. The minimum absolute atomic E-state index is 0.0166. The summed E-state index contributed by atoms with van der Waals surface area (Å²) in [5.41, 5.74) is 2.25. The minimum Gasteiger partial charge on any atom is -0.480 e. The molecule has 0 radical (unpaired) electrons. The fraction of sp³-hybridized carbons (Fsp3) is 0.250. The standard InChI is InChI=1S/C24H20F3N5O4/c1-13(22(34)35)31-20(15-8-6-14(11-28)7-9-15)19-18(12-30(2)29-21(19)33)32(23(31)36)17-5-3-4-16(10-17)24(25,26)27/h3-10,13,20H,12H2,1-2H3,(H,29,33)(H,34,35)/t13?,20-/m1/s1. The zero-order valence-electron chi connectivity index (χ0n) is 19.1. The number of carboxylic acid groups (broad SMARTS) is 1. The first-order chi connectivity index (χ1) is 16.9.